The van der Waals surface area contributed by atoms with Gasteiger partial charge in [0, 0.05) is 31.6 Å². The van der Waals surface area contributed by atoms with E-state index in [9.17, 15) is 9.50 Å². The third-order valence-corrected chi connectivity index (χ3v) is 3.80. The van der Waals surface area contributed by atoms with Gasteiger partial charge in [-0.1, -0.05) is 25.1 Å². The Labute approximate surface area is 131 Å². The molecule has 0 amide bonds. The van der Waals surface area contributed by atoms with Gasteiger partial charge < -0.3 is 10.4 Å². The fourth-order valence-corrected chi connectivity index (χ4v) is 2.43. The van der Waals surface area contributed by atoms with Crippen LogP contribution in [0.4, 0.5) is 4.39 Å². The molecular weight excluding hydrogens is 279 g/mol. The molecule has 2 atom stereocenters. The van der Waals surface area contributed by atoms with Crippen molar-refractivity contribution in [1.82, 2.24) is 10.3 Å². The summed E-state index contributed by atoms with van der Waals surface area (Å²) in [6.45, 7) is 3.77. The summed E-state index contributed by atoms with van der Waals surface area (Å²) < 4.78 is 12.9. The summed E-state index contributed by atoms with van der Waals surface area (Å²) in [5.41, 5.74) is 2.11. The van der Waals surface area contributed by atoms with Gasteiger partial charge in [0.2, 0.25) is 0 Å². The Kier molecular flexibility index (Phi) is 6.49. The Balaban J connectivity index is 1.77. The third kappa shape index (κ3) is 5.20. The molecule has 0 saturated heterocycles. The first-order valence-electron chi connectivity index (χ1n) is 7.66. The van der Waals surface area contributed by atoms with Crippen LogP contribution in [0.15, 0.2) is 48.7 Å². The highest BCUT2D eigenvalue weighted by Crippen LogP contribution is 2.14. The molecule has 1 heterocycles. The van der Waals surface area contributed by atoms with Gasteiger partial charge in [-0.25, -0.2) is 4.39 Å². The van der Waals surface area contributed by atoms with Crippen LogP contribution in [0.2, 0.25) is 0 Å². The normalized spacial score (nSPS) is 13.8. The molecule has 2 unspecified atom stereocenters. The lowest BCUT2D eigenvalue weighted by atomic mass is 10.00. The van der Waals surface area contributed by atoms with E-state index < -0.39 is 0 Å². The lowest BCUT2D eigenvalue weighted by Gasteiger charge is -2.17. The number of nitrogens with zero attached hydrogens (tertiary/aromatic N) is 1. The first-order valence-corrected chi connectivity index (χ1v) is 7.66. The van der Waals surface area contributed by atoms with Crippen LogP contribution in [0.5, 0.6) is 0 Å². The summed E-state index contributed by atoms with van der Waals surface area (Å²) in [4.78, 5) is 4.29. The van der Waals surface area contributed by atoms with Crippen molar-refractivity contribution in [2.24, 2.45) is 5.92 Å². The number of rotatable bonds is 8. The number of halogens is 1. The number of aliphatic hydroxyl groups is 1. The van der Waals surface area contributed by atoms with Gasteiger partial charge in [0.1, 0.15) is 5.82 Å². The molecule has 1 aromatic heterocycles. The SMILES string of the molecule is CC(CNCC(CO)Cc1ccccn1)c1ccc(F)cc1. The molecule has 0 fully saturated rings. The van der Waals surface area contributed by atoms with E-state index in [0.29, 0.717) is 5.92 Å². The van der Waals surface area contributed by atoms with Crippen molar-refractivity contribution in [3.05, 3.63) is 65.7 Å². The minimum atomic E-state index is -0.209. The van der Waals surface area contributed by atoms with E-state index in [1.807, 2.05) is 30.3 Å². The average molecular weight is 302 g/mol. The molecule has 1 aromatic carbocycles. The molecule has 0 aliphatic rings. The largest absolute Gasteiger partial charge is 0.396 e. The molecule has 2 N–H and O–H groups in total. The summed E-state index contributed by atoms with van der Waals surface area (Å²) >= 11 is 0. The van der Waals surface area contributed by atoms with Gasteiger partial charge in [-0.2, -0.15) is 0 Å². The van der Waals surface area contributed by atoms with Crippen molar-refractivity contribution in [3.8, 4) is 0 Å². The van der Waals surface area contributed by atoms with Crippen molar-refractivity contribution in [1.29, 1.82) is 0 Å². The Hall–Kier alpha value is -1.78. The molecule has 0 aliphatic heterocycles. The highest BCUT2D eigenvalue weighted by atomic mass is 19.1. The van der Waals surface area contributed by atoms with Crippen LogP contribution >= 0.6 is 0 Å². The maximum absolute atomic E-state index is 12.9. The van der Waals surface area contributed by atoms with Crippen LogP contribution in [0.25, 0.3) is 0 Å². The Morgan fingerprint density at radius 3 is 2.55 bits per heavy atom. The van der Waals surface area contributed by atoms with Gasteiger partial charge in [-0.15, -0.1) is 0 Å². The van der Waals surface area contributed by atoms with E-state index in [-0.39, 0.29) is 18.3 Å². The Morgan fingerprint density at radius 1 is 1.14 bits per heavy atom. The zero-order chi connectivity index (χ0) is 15.8. The van der Waals surface area contributed by atoms with Crippen LogP contribution in [-0.4, -0.2) is 29.8 Å². The highest BCUT2D eigenvalue weighted by Gasteiger charge is 2.11. The molecule has 0 spiro atoms. The summed E-state index contributed by atoms with van der Waals surface area (Å²) in [6, 6.07) is 12.4. The van der Waals surface area contributed by atoms with Gasteiger partial charge >= 0.3 is 0 Å². The zero-order valence-corrected chi connectivity index (χ0v) is 12.9. The second-order valence-electron chi connectivity index (χ2n) is 5.68. The quantitative estimate of drug-likeness (QED) is 0.788. The predicted molar refractivity (Wildman–Crippen MR) is 86.2 cm³/mol. The lowest BCUT2D eigenvalue weighted by molar-refractivity contribution is 0.220. The monoisotopic (exact) mass is 302 g/mol. The van der Waals surface area contributed by atoms with Crippen molar-refractivity contribution in [3.63, 3.8) is 0 Å². The molecule has 0 aliphatic carbocycles. The average Bonchev–Trinajstić information content (AvgIpc) is 2.55. The molecule has 118 valence electrons. The smallest absolute Gasteiger partial charge is 0.123 e. The standard InChI is InChI=1S/C18H23FN2O/c1-14(16-5-7-17(19)8-6-16)11-20-12-15(13-22)10-18-4-2-3-9-21-18/h2-9,14-15,20,22H,10-13H2,1H3. The highest BCUT2D eigenvalue weighted by molar-refractivity contribution is 5.20. The summed E-state index contributed by atoms with van der Waals surface area (Å²) in [5, 5.41) is 12.9. The van der Waals surface area contributed by atoms with Gasteiger partial charge in [-0.05, 0) is 48.1 Å². The van der Waals surface area contributed by atoms with Crippen LogP contribution < -0.4 is 5.32 Å². The van der Waals surface area contributed by atoms with Gasteiger partial charge in [0.05, 0.1) is 0 Å². The Bertz CT molecular complexity index is 545. The lowest BCUT2D eigenvalue weighted by Crippen LogP contribution is -2.29. The maximum atomic E-state index is 12.9. The first-order chi connectivity index (χ1) is 10.7. The van der Waals surface area contributed by atoms with Gasteiger partial charge in [0.15, 0.2) is 0 Å². The molecule has 3 nitrogen and oxygen atoms in total. The maximum Gasteiger partial charge on any atom is 0.123 e. The van der Waals surface area contributed by atoms with Crippen molar-refractivity contribution >= 4 is 0 Å². The van der Waals surface area contributed by atoms with Crippen LogP contribution in [0.3, 0.4) is 0 Å². The minimum Gasteiger partial charge on any atom is -0.396 e. The van der Waals surface area contributed by atoms with Crippen LogP contribution in [0.1, 0.15) is 24.1 Å². The molecule has 4 heteroatoms. The second-order valence-corrected chi connectivity index (χ2v) is 5.68. The topological polar surface area (TPSA) is 45.1 Å². The van der Waals surface area contributed by atoms with E-state index in [2.05, 4.69) is 17.2 Å². The predicted octanol–water partition coefficient (Wildman–Crippen LogP) is 2.77. The molecule has 2 aromatic rings. The minimum absolute atomic E-state index is 0.133. The number of hydrogen-bond acceptors (Lipinski definition) is 3. The molecular formula is C18H23FN2O. The van der Waals surface area contributed by atoms with E-state index in [4.69, 9.17) is 0 Å². The first kappa shape index (κ1) is 16.6. The van der Waals surface area contributed by atoms with E-state index in [1.165, 1.54) is 12.1 Å². The van der Waals surface area contributed by atoms with Gasteiger partial charge in [0.25, 0.3) is 0 Å². The number of hydrogen-bond donors (Lipinski definition) is 2. The molecule has 22 heavy (non-hydrogen) atoms. The summed E-state index contributed by atoms with van der Waals surface area (Å²) in [6.07, 6.45) is 2.53. The molecule has 0 radical (unpaired) electrons. The fraction of sp³-hybridized carbons (Fsp3) is 0.389. The fourth-order valence-electron chi connectivity index (χ4n) is 2.43. The Morgan fingerprint density at radius 2 is 1.91 bits per heavy atom. The van der Waals surface area contributed by atoms with Crippen LogP contribution in [0, 0.1) is 11.7 Å². The molecule has 0 bridgehead atoms. The number of aromatic nitrogens is 1. The third-order valence-electron chi connectivity index (χ3n) is 3.80. The molecule has 0 saturated carbocycles. The summed E-state index contributed by atoms with van der Waals surface area (Å²) in [5.74, 6) is 0.240. The van der Waals surface area contributed by atoms with Crippen molar-refractivity contribution in [2.45, 2.75) is 19.3 Å². The second kappa shape index (κ2) is 8.61. The molecule has 2 rings (SSSR count). The van der Waals surface area contributed by atoms with Crippen molar-refractivity contribution in [2.75, 3.05) is 19.7 Å². The number of pyridine rings is 1. The van der Waals surface area contributed by atoms with Crippen molar-refractivity contribution < 1.29 is 9.50 Å². The van der Waals surface area contributed by atoms with E-state index >= 15 is 0 Å². The van der Waals surface area contributed by atoms with E-state index in [1.54, 1.807) is 6.20 Å². The van der Waals surface area contributed by atoms with E-state index in [0.717, 1.165) is 30.8 Å². The number of aliphatic hydroxyl groups excluding tert-OH is 1. The van der Waals surface area contributed by atoms with Crippen LogP contribution in [-0.2, 0) is 6.42 Å². The zero-order valence-electron chi connectivity index (χ0n) is 12.9. The summed E-state index contributed by atoms with van der Waals surface area (Å²) in [7, 11) is 0. The van der Waals surface area contributed by atoms with Gasteiger partial charge in [-0.3, -0.25) is 4.98 Å². The number of nitrogens with one attached hydrogen (secondary N) is 1. The number of benzene rings is 1.